The number of ether oxygens (including phenoxy) is 2. The van der Waals surface area contributed by atoms with E-state index in [1.54, 1.807) is 24.3 Å². The molecule has 1 aromatic carbocycles. The summed E-state index contributed by atoms with van der Waals surface area (Å²) in [7, 11) is 0. The smallest absolute Gasteiger partial charge is 0.338 e. The van der Waals surface area contributed by atoms with E-state index in [1.165, 1.54) is 11.8 Å². The first-order valence-electron chi connectivity index (χ1n) is 6.49. The van der Waals surface area contributed by atoms with E-state index < -0.39 is 29.7 Å². The highest BCUT2D eigenvalue weighted by atomic mass is 32.2. The molecule has 6 heteroatoms. The summed E-state index contributed by atoms with van der Waals surface area (Å²) in [5.41, 5.74) is -0.0320. The summed E-state index contributed by atoms with van der Waals surface area (Å²) in [6.45, 7) is 1.86. The van der Waals surface area contributed by atoms with Crippen LogP contribution in [-0.4, -0.2) is 52.3 Å². The Kier molecular flexibility index (Phi) is 5.42. The first kappa shape index (κ1) is 15.3. The van der Waals surface area contributed by atoms with Gasteiger partial charge in [0.25, 0.3) is 0 Å². The summed E-state index contributed by atoms with van der Waals surface area (Å²) in [5.74, 6) is 0.299. The van der Waals surface area contributed by atoms with Crippen molar-refractivity contribution in [1.82, 2.24) is 0 Å². The second-order valence-corrected chi connectivity index (χ2v) is 5.82. The van der Waals surface area contributed by atoms with E-state index in [4.69, 9.17) is 9.47 Å². The lowest BCUT2D eigenvalue weighted by Crippen LogP contribution is -2.34. The lowest BCUT2D eigenvalue weighted by Gasteiger charge is -2.14. The summed E-state index contributed by atoms with van der Waals surface area (Å²) in [4.78, 5) is 11.8. The maximum Gasteiger partial charge on any atom is 0.338 e. The molecule has 1 aliphatic heterocycles. The summed E-state index contributed by atoms with van der Waals surface area (Å²) in [6.07, 6.45) is -2.69. The van der Waals surface area contributed by atoms with Crippen molar-refractivity contribution >= 4 is 17.7 Å². The van der Waals surface area contributed by atoms with Gasteiger partial charge in [0, 0.05) is 0 Å². The van der Waals surface area contributed by atoms with Crippen molar-refractivity contribution in [2.45, 2.75) is 30.7 Å². The molecule has 0 radical (unpaired) electrons. The number of aliphatic hydroxyl groups excluding tert-OH is 2. The molecule has 1 aromatic rings. The molecule has 0 aromatic heterocycles. The molecular weight excluding hydrogens is 280 g/mol. The van der Waals surface area contributed by atoms with Crippen LogP contribution in [0.15, 0.2) is 30.3 Å². The monoisotopic (exact) mass is 298 g/mol. The highest BCUT2D eigenvalue weighted by Gasteiger charge is 2.43. The number of rotatable bonds is 5. The van der Waals surface area contributed by atoms with Gasteiger partial charge < -0.3 is 19.7 Å². The van der Waals surface area contributed by atoms with E-state index in [0.717, 1.165) is 5.75 Å². The molecule has 0 bridgehead atoms. The molecule has 0 spiro atoms. The Morgan fingerprint density at radius 1 is 1.30 bits per heavy atom. The summed E-state index contributed by atoms with van der Waals surface area (Å²) >= 11 is 1.41. The van der Waals surface area contributed by atoms with Crippen LogP contribution < -0.4 is 0 Å². The molecule has 2 rings (SSSR count). The fraction of sp³-hybridized carbons (Fsp3) is 0.500. The molecule has 4 atom stereocenters. The first-order chi connectivity index (χ1) is 9.63. The second kappa shape index (κ2) is 7.08. The summed E-state index contributed by atoms with van der Waals surface area (Å²) in [5, 5.41) is 19.7. The Hall–Kier alpha value is -1.08. The highest BCUT2D eigenvalue weighted by Crippen LogP contribution is 2.29. The molecule has 1 aliphatic rings. The molecule has 0 unspecified atom stereocenters. The number of hydrogen-bond acceptors (Lipinski definition) is 6. The lowest BCUT2D eigenvalue weighted by molar-refractivity contribution is -0.0225. The molecule has 0 amide bonds. The van der Waals surface area contributed by atoms with Gasteiger partial charge in [-0.1, -0.05) is 25.1 Å². The number of carbonyl (C=O) groups is 1. The standard InChI is InChI=1S/C14H18O5S/c1-2-20-14-12(16)11(15)10(19-14)8-18-13(17)9-6-4-3-5-7-9/h3-7,10-12,14-16H,2,8H2,1H3/t10-,11-,12+,14+/m0/s1. The zero-order valence-electron chi connectivity index (χ0n) is 11.1. The second-order valence-electron chi connectivity index (χ2n) is 4.44. The minimum atomic E-state index is -1.04. The Labute approximate surface area is 121 Å². The van der Waals surface area contributed by atoms with Crippen molar-refractivity contribution in [3.8, 4) is 0 Å². The zero-order valence-corrected chi connectivity index (χ0v) is 12.0. The van der Waals surface area contributed by atoms with Gasteiger partial charge in [-0.05, 0) is 17.9 Å². The van der Waals surface area contributed by atoms with Crippen LogP contribution in [0.25, 0.3) is 0 Å². The van der Waals surface area contributed by atoms with Gasteiger partial charge in [-0.2, -0.15) is 0 Å². The molecule has 5 nitrogen and oxygen atoms in total. The number of thioether (sulfide) groups is 1. The minimum absolute atomic E-state index is 0.0767. The third kappa shape index (κ3) is 3.52. The van der Waals surface area contributed by atoms with Crippen molar-refractivity contribution < 1.29 is 24.5 Å². The predicted molar refractivity (Wildman–Crippen MR) is 75.5 cm³/mol. The van der Waals surface area contributed by atoms with Crippen LogP contribution in [0.1, 0.15) is 17.3 Å². The van der Waals surface area contributed by atoms with E-state index >= 15 is 0 Å². The Morgan fingerprint density at radius 3 is 2.65 bits per heavy atom. The number of aliphatic hydroxyl groups is 2. The number of carbonyl (C=O) groups excluding carboxylic acids is 1. The van der Waals surface area contributed by atoms with Crippen molar-refractivity contribution in [1.29, 1.82) is 0 Å². The number of benzene rings is 1. The van der Waals surface area contributed by atoms with Crippen molar-refractivity contribution in [2.24, 2.45) is 0 Å². The lowest BCUT2D eigenvalue weighted by atomic mass is 10.1. The van der Waals surface area contributed by atoms with Crippen molar-refractivity contribution in [3.05, 3.63) is 35.9 Å². The quantitative estimate of drug-likeness (QED) is 0.791. The van der Waals surface area contributed by atoms with E-state index in [9.17, 15) is 15.0 Å². The fourth-order valence-electron chi connectivity index (χ4n) is 1.97. The van der Waals surface area contributed by atoms with Crippen LogP contribution in [0.5, 0.6) is 0 Å². The van der Waals surface area contributed by atoms with Crippen LogP contribution >= 0.6 is 11.8 Å². The van der Waals surface area contributed by atoms with Crippen LogP contribution in [-0.2, 0) is 9.47 Å². The van der Waals surface area contributed by atoms with Gasteiger partial charge in [0.1, 0.15) is 30.4 Å². The molecule has 0 saturated carbocycles. The van der Waals surface area contributed by atoms with Crippen LogP contribution in [0.2, 0.25) is 0 Å². The van der Waals surface area contributed by atoms with Gasteiger partial charge in [-0.25, -0.2) is 4.79 Å². The van der Waals surface area contributed by atoms with E-state index in [1.807, 2.05) is 13.0 Å². The molecular formula is C14H18O5S. The molecule has 0 aliphatic carbocycles. The van der Waals surface area contributed by atoms with Crippen LogP contribution in [0, 0.1) is 0 Å². The number of esters is 1. The van der Waals surface area contributed by atoms with Gasteiger partial charge in [-0.15, -0.1) is 11.8 Å². The maximum atomic E-state index is 11.8. The van der Waals surface area contributed by atoms with Gasteiger partial charge >= 0.3 is 5.97 Å². The maximum absolute atomic E-state index is 11.8. The molecule has 1 fully saturated rings. The van der Waals surface area contributed by atoms with Crippen LogP contribution in [0.4, 0.5) is 0 Å². The van der Waals surface area contributed by atoms with E-state index in [-0.39, 0.29) is 6.61 Å². The number of hydrogen-bond donors (Lipinski definition) is 2. The fourth-order valence-corrected chi connectivity index (χ4v) is 2.88. The highest BCUT2D eigenvalue weighted by molar-refractivity contribution is 7.99. The van der Waals surface area contributed by atoms with Gasteiger partial charge in [0.05, 0.1) is 5.56 Å². The van der Waals surface area contributed by atoms with Gasteiger partial charge in [0.15, 0.2) is 0 Å². The third-order valence-electron chi connectivity index (χ3n) is 3.04. The average molecular weight is 298 g/mol. The molecule has 1 heterocycles. The SMILES string of the molecule is CCS[C@H]1O[C@@H](COC(=O)c2ccccc2)[C@H](O)[C@H]1O. The minimum Gasteiger partial charge on any atom is -0.459 e. The van der Waals surface area contributed by atoms with Crippen molar-refractivity contribution in [2.75, 3.05) is 12.4 Å². The average Bonchev–Trinajstić information content (AvgIpc) is 2.74. The van der Waals surface area contributed by atoms with Gasteiger partial charge in [0.2, 0.25) is 0 Å². The van der Waals surface area contributed by atoms with E-state index in [0.29, 0.717) is 5.56 Å². The zero-order chi connectivity index (χ0) is 14.5. The molecule has 2 N–H and O–H groups in total. The van der Waals surface area contributed by atoms with Gasteiger partial charge in [-0.3, -0.25) is 0 Å². The predicted octanol–water partition coefficient (Wildman–Crippen LogP) is 1.04. The Bertz CT molecular complexity index is 438. The molecule has 20 heavy (non-hydrogen) atoms. The summed E-state index contributed by atoms with van der Waals surface area (Å²) < 4.78 is 10.6. The van der Waals surface area contributed by atoms with Crippen LogP contribution in [0.3, 0.4) is 0 Å². The first-order valence-corrected chi connectivity index (χ1v) is 7.53. The summed E-state index contributed by atoms with van der Waals surface area (Å²) in [6, 6.07) is 8.60. The third-order valence-corrected chi connectivity index (χ3v) is 4.09. The normalized spacial score (nSPS) is 29.4. The van der Waals surface area contributed by atoms with E-state index in [2.05, 4.69) is 0 Å². The largest absolute Gasteiger partial charge is 0.459 e. The Balaban J connectivity index is 1.87. The Morgan fingerprint density at radius 2 is 2.00 bits per heavy atom. The molecule has 1 saturated heterocycles. The molecule has 110 valence electrons. The van der Waals surface area contributed by atoms with Crippen molar-refractivity contribution in [3.63, 3.8) is 0 Å². The topological polar surface area (TPSA) is 76.0 Å².